The van der Waals surface area contributed by atoms with Crippen molar-refractivity contribution in [1.82, 2.24) is 0 Å². The monoisotopic (exact) mass is 340 g/mol. The van der Waals surface area contributed by atoms with E-state index in [2.05, 4.69) is 28.9 Å². The van der Waals surface area contributed by atoms with Gasteiger partial charge in [0.25, 0.3) is 0 Å². The fraction of sp³-hybridized carbons (Fsp3) is 0.200. The zero-order valence-electron chi connectivity index (χ0n) is 13.5. The van der Waals surface area contributed by atoms with E-state index in [1.165, 1.54) is 10.4 Å². The molecule has 1 heterocycles. The Morgan fingerprint density at radius 3 is 2.46 bits per heavy atom. The number of aliphatic hydroxyl groups excluding tert-OH is 1. The molecule has 0 spiro atoms. The Kier molecular flexibility index (Phi) is 6.01. The number of quaternary nitrogens is 1. The molecule has 0 saturated carbocycles. The molecule has 0 aliphatic rings. The second-order valence-electron chi connectivity index (χ2n) is 5.67. The molecule has 1 aromatic heterocycles. The van der Waals surface area contributed by atoms with Gasteiger partial charge in [-0.3, -0.25) is 0 Å². The van der Waals surface area contributed by atoms with E-state index in [0.717, 1.165) is 17.9 Å². The van der Waals surface area contributed by atoms with Crippen LogP contribution in [0.5, 0.6) is 5.75 Å². The summed E-state index contributed by atoms with van der Waals surface area (Å²) in [6.07, 6.45) is -0.431. The highest BCUT2D eigenvalue weighted by molar-refractivity contribution is 7.09. The van der Waals surface area contributed by atoms with Crippen molar-refractivity contribution < 1.29 is 15.2 Å². The van der Waals surface area contributed by atoms with Crippen molar-refractivity contribution in [2.75, 3.05) is 6.54 Å². The third-order valence-corrected chi connectivity index (χ3v) is 4.69. The fourth-order valence-electron chi connectivity index (χ4n) is 2.49. The highest BCUT2D eigenvalue weighted by Gasteiger charge is 2.08. The van der Waals surface area contributed by atoms with E-state index in [1.54, 1.807) is 11.3 Å². The van der Waals surface area contributed by atoms with Crippen molar-refractivity contribution in [3.05, 3.63) is 88.1 Å². The quantitative estimate of drug-likeness (QED) is 0.662. The number of hydrogen-bond donors (Lipinski definition) is 2. The number of thiophene rings is 1. The molecule has 2 aromatic carbocycles. The molecule has 124 valence electrons. The first-order chi connectivity index (χ1) is 11.8. The lowest BCUT2D eigenvalue weighted by Gasteiger charge is -2.10. The number of hydrogen-bond acceptors (Lipinski definition) is 3. The van der Waals surface area contributed by atoms with Crippen LogP contribution in [0.15, 0.2) is 72.1 Å². The predicted octanol–water partition coefficient (Wildman–Crippen LogP) is 3.12. The first-order valence-corrected chi connectivity index (χ1v) is 8.98. The average Bonchev–Trinajstić information content (AvgIpc) is 3.15. The zero-order valence-corrected chi connectivity index (χ0v) is 14.3. The SMILES string of the molecule is O[C@H](C[NH2+]Cc1ccc(OCc2cccs2)cc1)c1ccccc1. The number of ether oxygens (including phenoxy) is 1. The third kappa shape index (κ3) is 4.93. The van der Waals surface area contributed by atoms with E-state index in [-0.39, 0.29) is 0 Å². The van der Waals surface area contributed by atoms with Gasteiger partial charge in [0, 0.05) is 10.4 Å². The molecular formula is C20H22NO2S+. The highest BCUT2D eigenvalue weighted by atomic mass is 32.1. The Balaban J connectivity index is 1.42. The summed E-state index contributed by atoms with van der Waals surface area (Å²) in [7, 11) is 0. The van der Waals surface area contributed by atoms with Gasteiger partial charge >= 0.3 is 0 Å². The lowest BCUT2D eigenvalue weighted by molar-refractivity contribution is -0.677. The topological polar surface area (TPSA) is 46.1 Å². The summed E-state index contributed by atoms with van der Waals surface area (Å²) in [5.74, 6) is 0.886. The number of benzene rings is 2. The standard InChI is InChI=1S/C20H21NO2S/c22-20(17-5-2-1-3-6-17)14-21-13-16-8-10-18(11-9-16)23-15-19-7-4-12-24-19/h1-12,20-22H,13-15H2/p+1/t20-/m1/s1. The van der Waals surface area contributed by atoms with Gasteiger partial charge in [0.2, 0.25) is 0 Å². The van der Waals surface area contributed by atoms with Crippen LogP contribution in [0.2, 0.25) is 0 Å². The molecule has 4 heteroatoms. The van der Waals surface area contributed by atoms with Crippen LogP contribution in [0.25, 0.3) is 0 Å². The van der Waals surface area contributed by atoms with Gasteiger partial charge in [0.15, 0.2) is 0 Å². The molecule has 0 saturated heterocycles. The third-order valence-electron chi connectivity index (χ3n) is 3.84. The van der Waals surface area contributed by atoms with Crippen LogP contribution in [-0.4, -0.2) is 11.7 Å². The number of nitrogens with two attached hydrogens (primary N) is 1. The predicted molar refractivity (Wildman–Crippen MR) is 97.0 cm³/mol. The Labute approximate surface area is 146 Å². The molecule has 1 atom stereocenters. The Morgan fingerprint density at radius 1 is 0.958 bits per heavy atom. The van der Waals surface area contributed by atoms with Crippen LogP contribution in [-0.2, 0) is 13.2 Å². The lowest BCUT2D eigenvalue weighted by atomic mass is 10.1. The summed E-state index contributed by atoms with van der Waals surface area (Å²) in [5, 5.41) is 14.3. The fourth-order valence-corrected chi connectivity index (χ4v) is 3.11. The summed E-state index contributed by atoms with van der Waals surface area (Å²) < 4.78 is 5.77. The molecule has 0 bridgehead atoms. The zero-order chi connectivity index (χ0) is 16.6. The van der Waals surface area contributed by atoms with Crippen LogP contribution < -0.4 is 10.1 Å². The van der Waals surface area contributed by atoms with Crippen LogP contribution in [0.3, 0.4) is 0 Å². The normalized spacial score (nSPS) is 12.0. The molecule has 3 nitrogen and oxygen atoms in total. The van der Waals surface area contributed by atoms with Crippen LogP contribution in [0.1, 0.15) is 22.1 Å². The molecule has 3 N–H and O–H groups in total. The van der Waals surface area contributed by atoms with Crippen molar-refractivity contribution >= 4 is 11.3 Å². The molecule has 0 aliphatic heterocycles. The largest absolute Gasteiger partial charge is 0.488 e. The second kappa shape index (κ2) is 8.64. The van der Waals surface area contributed by atoms with Gasteiger partial charge in [-0.25, -0.2) is 0 Å². The molecule has 0 fully saturated rings. The van der Waals surface area contributed by atoms with Crippen LogP contribution >= 0.6 is 11.3 Å². The van der Waals surface area contributed by atoms with E-state index in [0.29, 0.717) is 13.2 Å². The first kappa shape index (κ1) is 16.7. The first-order valence-electron chi connectivity index (χ1n) is 8.10. The molecule has 24 heavy (non-hydrogen) atoms. The maximum Gasteiger partial charge on any atom is 0.128 e. The van der Waals surface area contributed by atoms with Gasteiger partial charge in [0.05, 0.1) is 0 Å². The van der Waals surface area contributed by atoms with Crippen molar-refractivity contribution in [1.29, 1.82) is 0 Å². The molecule has 0 amide bonds. The number of aliphatic hydroxyl groups is 1. The van der Waals surface area contributed by atoms with Gasteiger partial charge in [-0.2, -0.15) is 0 Å². The van der Waals surface area contributed by atoms with Gasteiger partial charge < -0.3 is 15.2 Å². The lowest BCUT2D eigenvalue weighted by Crippen LogP contribution is -2.83. The van der Waals surface area contributed by atoms with Gasteiger partial charge in [-0.1, -0.05) is 36.4 Å². The van der Waals surface area contributed by atoms with E-state index < -0.39 is 6.10 Å². The van der Waals surface area contributed by atoms with E-state index in [4.69, 9.17) is 4.74 Å². The summed E-state index contributed by atoms with van der Waals surface area (Å²) in [6.45, 7) is 2.11. The summed E-state index contributed by atoms with van der Waals surface area (Å²) in [4.78, 5) is 1.22. The minimum absolute atomic E-state index is 0.431. The van der Waals surface area contributed by atoms with Crippen LogP contribution in [0, 0.1) is 0 Å². The molecular weight excluding hydrogens is 318 g/mol. The maximum absolute atomic E-state index is 10.2. The molecule has 0 unspecified atom stereocenters. The molecule has 0 radical (unpaired) electrons. The van der Waals surface area contributed by atoms with Gasteiger partial charge in [-0.05, 0) is 41.3 Å². The second-order valence-corrected chi connectivity index (χ2v) is 6.70. The van der Waals surface area contributed by atoms with Gasteiger partial charge in [0.1, 0.15) is 31.5 Å². The summed E-state index contributed by atoms with van der Waals surface area (Å²) >= 11 is 1.70. The molecule has 0 aliphatic carbocycles. The molecule has 3 aromatic rings. The van der Waals surface area contributed by atoms with Crippen molar-refractivity contribution in [3.63, 3.8) is 0 Å². The Morgan fingerprint density at radius 2 is 1.75 bits per heavy atom. The number of rotatable bonds is 8. The van der Waals surface area contributed by atoms with Gasteiger partial charge in [-0.15, -0.1) is 11.3 Å². The van der Waals surface area contributed by atoms with E-state index in [9.17, 15) is 5.11 Å². The average molecular weight is 340 g/mol. The van der Waals surface area contributed by atoms with Crippen molar-refractivity contribution in [3.8, 4) is 5.75 Å². The summed E-state index contributed by atoms with van der Waals surface area (Å²) in [5.41, 5.74) is 2.19. The van der Waals surface area contributed by atoms with Crippen LogP contribution in [0.4, 0.5) is 0 Å². The van der Waals surface area contributed by atoms with E-state index >= 15 is 0 Å². The highest BCUT2D eigenvalue weighted by Crippen LogP contribution is 2.16. The molecule has 3 rings (SSSR count). The Bertz CT molecular complexity index is 711. The maximum atomic E-state index is 10.2. The van der Waals surface area contributed by atoms with Crippen molar-refractivity contribution in [2.24, 2.45) is 0 Å². The Hall–Kier alpha value is -2.14. The smallest absolute Gasteiger partial charge is 0.128 e. The van der Waals surface area contributed by atoms with Crippen molar-refractivity contribution in [2.45, 2.75) is 19.3 Å². The minimum Gasteiger partial charge on any atom is -0.488 e. The minimum atomic E-state index is -0.431. The summed E-state index contributed by atoms with van der Waals surface area (Å²) in [6, 6.07) is 22.1. The van der Waals surface area contributed by atoms with E-state index in [1.807, 2.05) is 48.5 Å².